The zero-order chi connectivity index (χ0) is 18.4. The minimum Gasteiger partial charge on any atom is -0.320 e. The molecule has 1 aromatic heterocycles. The van der Waals surface area contributed by atoms with Crippen LogP contribution in [0.4, 0.5) is 9.93 Å². The van der Waals surface area contributed by atoms with Gasteiger partial charge in [-0.2, -0.15) is 0 Å². The normalized spacial score (nSPS) is 29.4. The van der Waals surface area contributed by atoms with Gasteiger partial charge < -0.3 is 5.32 Å². The number of amides is 4. The third kappa shape index (κ3) is 2.80. The number of nitrogens with zero attached hydrogens (tertiary/aromatic N) is 3. The summed E-state index contributed by atoms with van der Waals surface area (Å²) in [6.45, 7) is 3.87. The Labute approximate surface area is 155 Å². The molecular weight excluding hydrogens is 354 g/mol. The summed E-state index contributed by atoms with van der Waals surface area (Å²) in [6.07, 6.45) is 6.06. The summed E-state index contributed by atoms with van der Waals surface area (Å²) in [5.41, 5.74) is 0. The highest BCUT2D eigenvalue weighted by atomic mass is 32.1. The molecule has 0 aromatic carbocycles. The molecular formula is C17H21N5O3S. The molecule has 1 aromatic rings. The van der Waals surface area contributed by atoms with E-state index in [9.17, 15) is 14.4 Å². The van der Waals surface area contributed by atoms with E-state index in [0.717, 1.165) is 17.8 Å². The fourth-order valence-corrected chi connectivity index (χ4v) is 4.84. The Kier molecular flexibility index (Phi) is 4.26. The molecule has 3 aliphatic carbocycles. The monoisotopic (exact) mass is 375 g/mol. The summed E-state index contributed by atoms with van der Waals surface area (Å²) in [7, 11) is 0. The molecule has 1 saturated carbocycles. The number of aromatic nitrogens is 2. The van der Waals surface area contributed by atoms with Crippen molar-refractivity contribution in [1.29, 1.82) is 0 Å². The van der Waals surface area contributed by atoms with Crippen LogP contribution < -0.4 is 10.6 Å². The summed E-state index contributed by atoms with van der Waals surface area (Å²) < 4.78 is 0. The lowest BCUT2D eigenvalue weighted by atomic mass is 9.63. The maximum absolute atomic E-state index is 12.7. The zero-order valence-corrected chi connectivity index (χ0v) is 15.5. The first-order valence-electron chi connectivity index (χ1n) is 8.87. The van der Waals surface area contributed by atoms with Crippen molar-refractivity contribution < 1.29 is 14.4 Å². The number of urea groups is 1. The number of carbonyl (C=O) groups is 3. The minimum absolute atomic E-state index is 0.119. The average Bonchev–Trinajstić information content (AvgIpc) is 3.19. The summed E-state index contributed by atoms with van der Waals surface area (Å²) in [5.74, 6) is -0.319. The second-order valence-corrected chi connectivity index (χ2v) is 8.34. The van der Waals surface area contributed by atoms with Crippen LogP contribution in [0.3, 0.4) is 0 Å². The van der Waals surface area contributed by atoms with Crippen LogP contribution in [0.5, 0.6) is 0 Å². The van der Waals surface area contributed by atoms with E-state index in [2.05, 4.69) is 33.0 Å². The van der Waals surface area contributed by atoms with Crippen molar-refractivity contribution in [2.75, 3.05) is 12.0 Å². The van der Waals surface area contributed by atoms with E-state index < -0.39 is 6.03 Å². The highest BCUT2D eigenvalue weighted by Gasteiger charge is 2.56. The number of anilines is 1. The molecule has 4 unspecified atom stereocenters. The van der Waals surface area contributed by atoms with Gasteiger partial charge in [-0.05, 0) is 24.7 Å². The fraction of sp³-hybridized carbons (Fsp3) is 0.588. The molecule has 0 radical (unpaired) electrons. The first kappa shape index (κ1) is 17.1. The van der Waals surface area contributed by atoms with E-state index in [4.69, 9.17) is 0 Å². The largest absolute Gasteiger partial charge is 0.322 e. The van der Waals surface area contributed by atoms with Gasteiger partial charge in [0.25, 0.3) is 0 Å². The van der Waals surface area contributed by atoms with Gasteiger partial charge in [-0.25, -0.2) is 4.79 Å². The number of rotatable bonds is 4. The average molecular weight is 375 g/mol. The first-order chi connectivity index (χ1) is 12.5. The molecule has 4 atom stereocenters. The molecule has 2 heterocycles. The number of fused-ring (bicyclic) bond motifs is 1. The maximum Gasteiger partial charge on any atom is 0.322 e. The SMILES string of the molecule is CC(C)c1nnc(NC(=O)NCN2C(=O)C3C4C=CC(CC4)C3C2=O)s1. The number of hydrogen-bond donors (Lipinski definition) is 2. The smallest absolute Gasteiger partial charge is 0.320 e. The standard InChI is InChI=1S/C17H21N5O3S/c1-8(2)13-20-21-17(26-13)19-16(25)18-7-22-14(23)11-9-3-4-10(6-5-9)12(11)15(22)24/h3-4,8-12H,5-7H2,1-2H3,(H2,18,19,21,25). The molecule has 5 rings (SSSR count). The van der Waals surface area contributed by atoms with Crippen molar-refractivity contribution in [2.24, 2.45) is 23.7 Å². The van der Waals surface area contributed by atoms with Gasteiger partial charge in [-0.15, -0.1) is 10.2 Å². The molecule has 4 aliphatic rings. The topological polar surface area (TPSA) is 104 Å². The molecule has 138 valence electrons. The van der Waals surface area contributed by atoms with Crippen LogP contribution >= 0.6 is 11.3 Å². The summed E-state index contributed by atoms with van der Waals surface area (Å²) >= 11 is 1.30. The molecule has 1 saturated heterocycles. The van der Waals surface area contributed by atoms with E-state index in [0.29, 0.717) is 5.13 Å². The highest BCUT2D eigenvalue weighted by molar-refractivity contribution is 7.15. The van der Waals surface area contributed by atoms with Gasteiger partial charge in [0.05, 0.1) is 11.8 Å². The number of nitrogens with one attached hydrogen (secondary N) is 2. The van der Waals surface area contributed by atoms with Crippen molar-refractivity contribution >= 4 is 34.3 Å². The van der Waals surface area contributed by atoms with Crippen molar-refractivity contribution in [1.82, 2.24) is 20.4 Å². The fourth-order valence-electron chi connectivity index (χ4n) is 4.10. The lowest BCUT2D eigenvalue weighted by Gasteiger charge is -2.38. The zero-order valence-electron chi connectivity index (χ0n) is 14.6. The van der Waals surface area contributed by atoms with Gasteiger partial charge in [0, 0.05) is 5.92 Å². The Balaban J connectivity index is 1.36. The van der Waals surface area contributed by atoms with Crippen LogP contribution in [0.25, 0.3) is 0 Å². The molecule has 0 spiro atoms. The Morgan fingerprint density at radius 1 is 1.19 bits per heavy atom. The van der Waals surface area contributed by atoms with E-state index in [1.165, 1.54) is 16.2 Å². The third-order valence-electron chi connectivity index (χ3n) is 5.40. The first-order valence-corrected chi connectivity index (χ1v) is 9.69. The van der Waals surface area contributed by atoms with Crippen LogP contribution in [-0.4, -0.2) is 39.6 Å². The third-order valence-corrected chi connectivity index (χ3v) is 6.54. The molecule has 2 N–H and O–H groups in total. The van der Waals surface area contributed by atoms with Gasteiger partial charge in [-0.1, -0.05) is 37.3 Å². The van der Waals surface area contributed by atoms with E-state index in [1.54, 1.807) is 0 Å². The molecule has 2 bridgehead atoms. The molecule has 8 nitrogen and oxygen atoms in total. The van der Waals surface area contributed by atoms with Crippen molar-refractivity contribution in [3.05, 3.63) is 17.2 Å². The van der Waals surface area contributed by atoms with Crippen LogP contribution in [0.1, 0.15) is 37.6 Å². The quantitative estimate of drug-likeness (QED) is 0.618. The second-order valence-electron chi connectivity index (χ2n) is 7.34. The molecule has 26 heavy (non-hydrogen) atoms. The lowest BCUT2D eigenvalue weighted by molar-refractivity contribution is -0.140. The Morgan fingerprint density at radius 2 is 1.81 bits per heavy atom. The van der Waals surface area contributed by atoms with E-state index in [1.807, 2.05) is 13.8 Å². The van der Waals surface area contributed by atoms with Crippen molar-refractivity contribution in [3.63, 3.8) is 0 Å². The Morgan fingerprint density at radius 3 is 2.31 bits per heavy atom. The lowest BCUT2D eigenvalue weighted by Crippen LogP contribution is -2.43. The predicted molar refractivity (Wildman–Crippen MR) is 95.2 cm³/mol. The van der Waals surface area contributed by atoms with Gasteiger partial charge in [0.15, 0.2) is 0 Å². The molecule has 1 aliphatic heterocycles. The van der Waals surface area contributed by atoms with E-state index in [-0.39, 0.29) is 48.1 Å². The van der Waals surface area contributed by atoms with Crippen LogP contribution in [0.2, 0.25) is 0 Å². The predicted octanol–water partition coefficient (Wildman–Crippen LogP) is 1.94. The highest BCUT2D eigenvalue weighted by Crippen LogP contribution is 2.49. The summed E-state index contributed by atoms with van der Waals surface area (Å²) in [4.78, 5) is 38.6. The Bertz CT molecular complexity index is 757. The summed E-state index contributed by atoms with van der Waals surface area (Å²) in [6, 6.07) is -0.506. The van der Waals surface area contributed by atoms with Crippen molar-refractivity contribution in [2.45, 2.75) is 32.6 Å². The van der Waals surface area contributed by atoms with Crippen LogP contribution in [0, 0.1) is 23.7 Å². The van der Waals surface area contributed by atoms with Crippen LogP contribution in [-0.2, 0) is 9.59 Å². The second kappa shape index (κ2) is 6.46. The summed E-state index contributed by atoms with van der Waals surface area (Å²) in [5, 5.41) is 14.3. The number of likely N-dealkylation sites (tertiary alicyclic amines) is 1. The van der Waals surface area contributed by atoms with Crippen LogP contribution in [0.15, 0.2) is 12.2 Å². The Hall–Kier alpha value is -2.29. The van der Waals surface area contributed by atoms with E-state index >= 15 is 0 Å². The molecule has 9 heteroatoms. The molecule has 2 fully saturated rings. The minimum atomic E-state index is -0.506. The number of imide groups is 1. The van der Waals surface area contributed by atoms with Gasteiger partial charge in [-0.3, -0.25) is 19.8 Å². The van der Waals surface area contributed by atoms with Gasteiger partial charge >= 0.3 is 6.03 Å². The number of hydrogen-bond acceptors (Lipinski definition) is 6. The number of allylic oxidation sites excluding steroid dienone is 2. The van der Waals surface area contributed by atoms with Gasteiger partial charge in [0.1, 0.15) is 11.7 Å². The van der Waals surface area contributed by atoms with Crippen molar-refractivity contribution in [3.8, 4) is 0 Å². The maximum atomic E-state index is 12.7. The van der Waals surface area contributed by atoms with Gasteiger partial charge in [0.2, 0.25) is 16.9 Å². The number of carbonyl (C=O) groups excluding carboxylic acids is 3. The molecule has 4 amide bonds.